The van der Waals surface area contributed by atoms with E-state index in [1.165, 1.54) is 90.4 Å². The molecule has 0 aliphatic carbocycles. The zero-order valence-electron chi connectivity index (χ0n) is 25.0. The normalized spacial score (nSPS) is 16.6. The summed E-state index contributed by atoms with van der Waals surface area (Å²) in [5, 5.41) is 0. The number of hydrogen-bond acceptors (Lipinski definition) is 5. The molecule has 1 fully saturated rings. The van der Waals surface area contributed by atoms with E-state index >= 15 is 0 Å². The van der Waals surface area contributed by atoms with E-state index < -0.39 is 6.09 Å². The smallest absolute Gasteiger partial charge is 0.417 e. The summed E-state index contributed by atoms with van der Waals surface area (Å²) in [7, 11) is 0. The number of hydrogen-bond donors (Lipinski definition) is 0. The van der Waals surface area contributed by atoms with Crippen molar-refractivity contribution in [2.75, 3.05) is 19.8 Å². The van der Waals surface area contributed by atoms with Gasteiger partial charge in [0, 0.05) is 32.1 Å². The van der Waals surface area contributed by atoms with Gasteiger partial charge in [-0.05, 0) is 13.3 Å². The standard InChI is InChI=1S/C32H55N2O5/c1-4-6-7-8-9-10-11-12-13-14-15-16-17-20-23-37-26-30-24-31(39-30)27-38-32(36)34(28(3)35)25-29-21-18-19-22-33(29)5-2/h18-19,21-22,30-31H,4-17,20,23-27H2,1-3H3/q+1/t30-,31-/m1/s1. The molecule has 0 aromatic carbocycles. The first-order valence-corrected chi connectivity index (χ1v) is 15.7. The monoisotopic (exact) mass is 547 g/mol. The molecular formula is C32H55N2O5+. The number of aromatic nitrogens is 1. The average Bonchev–Trinajstić information content (AvgIpc) is 2.91. The average molecular weight is 548 g/mol. The van der Waals surface area contributed by atoms with Crippen LogP contribution in [0.1, 0.15) is 123 Å². The molecular weight excluding hydrogens is 492 g/mol. The topological polar surface area (TPSA) is 69.0 Å². The first kappa shape index (κ1) is 33.2. The van der Waals surface area contributed by atoms with Crippen molar-refractivity contribution in [3.05, 3.63) is 30.1 Å². The van der Waals surface area contributed by atoms with Crippen molar-refractivity contribution < 1.29 is 28.4 Å². The number of imide groups is 1. The summed E-state index contributed by atoms with van der Waals surface area (Å²) < 4.78 is 19.0. The number of amides is 2. The maximum absolute atomic E-state index is 12.5. The van der Waals surface area contributed by atoms with E-state index in [0.717, 1.165) is 36.6 Å². The minimum atomic E-state index is -0.630. The molecule has 0 unspecified atom stereocenters. The van der Waals surface area contributed by atoms with E-state index in [0.29, 0.717) is 6.61 Å². The van der Waals surface area contributed by atoms with Crippen molar-refractivity contribution in [1.82, 2.24) is 4.90 Å². The Bertz CT molecular complexity index is 797. The Morgan fingerprint density at radius 3 is 2.00 bits per heavy atom. The minimum absolute atomic E-state index is 0.0667. The maximum atomic E-state index is 12.5. The molecule has 0 radical (unpaired) electrons. The Hall–Kier alpha value is -1.99. The molecule has 0 bridgehead atoms. The van der Waals surface area contributed by atoms with Crippen molar-refractivity contribution in [3.63, 3.8) is 0 Å². The molecule has 1 aromatic heterocycles. The quantitative estimate of drug-likeness (QED) is 0.114. The molecule has 1 aliphatic heterocycles. The van der Waals surface area contributed by atoms with Gasteiger partial charge in [-0.1, -0.05) is 96.5 Å². The van der Waals surface area contributed by atoms with Crippen LogP contribution in [0.15, 0.2) is 24.4 Å². The molecule has 1 aliphatic rings. The second kappa shape index (κ2) is 20.8. The second-order valence-electron chi connectivity index (χ2n) is 10.9. The number of ether oxygens (including phenoxy) is 3. The molecule has 0 N–H and O–H groups in total. The van der Waals surface area contributed by atoms with Crippen LogP contribution in [0.5, 0.6) is 0 Å². The lowest BCUT2D eigenvalue weighted by Gasteiger charge is -2.35. The molecule has 0 spiro atoms. The Kier molecular flexibility index (Phi) is 17.8. The van der Waals surface area contributed by atoms with Crippen LogP contribution in [0.2, 0.25) is 0 Å². The molecule has 7 heteroatoms. The summed E-state index contributed by atoms with van der Waals surface area (Å²) in [5.74, 6) is -0.337. The Labute approximate surface area is 237 Å². The van der Waals surface area contributed by atoms with E-state index in [9.17, 15) is 9.59 Å². The first-order valence-electron chi connectivity index (χ1n) is 15.7. The second-order valence-corrected chi connectivity index (χ2v) is 10.9. The lowest BCUT2D eigenvalue weighted by Crippen LogP contribution is -2.46. The summed E-state index contributed by atoms with van der Waals surface area (Å²) in [5.41, 5.74) is 0.878. The van der Waals surface area contributed by atoms with E-state index in [-0.39, 0.29) is 31.3 Å². The van der Waals surface area contributed by atoms with Gasteiger partial charge in [-0.15, -0.1) is 0 Å². The fourth-order valence-corrected chi connectivity index (χ4v) is 5.05. The summed E-state index contributed by atoms with van der Waals surface area (Å²) in [6.07, 6.45) is 21.0. The van der Waals surface area contributed by atoms with E-state index in [1.54, 1.807) is 0 Å². The number of pyridine rings is 1. The highest BCUT2D eigenvalue weighted by atomic mass is 16.6. The molecule has 2 atom stereocenters. The van der Waals surface area contributed by atoms with Crippen molar-refractivity contribution in [1.29, 1.82) is 0 Å². The molecule has 0 saturated carbocycles. The van der Waals surface area contributed by atoms with Crippen LogP contribution in [0.4, 0.5) is 4.79 Å². The van der Waals surface area contributed by atoms with Crippen molar-refractivity contribution in [2.45, 2.75) is 142 Å². The van der Waals surface area contributed by atoms with Gasteiger partial charge in [0.05, 0.1) is 18.8 Å². The fourth-order valence-electron chi connectivity index (χ4n) is 5.05. The van der Waals surface area contributed by atoms with E-state index in [1.807, 2.05) is 35.9 Å². The highest BCUT2D eigenvalue weighted by molar-refractivity contribution is 5.90. The Balaban J connectivity index is 1.41. The van der Waals surface area contributed by atoms with Crippen LogP contribution in [-0.2, 0) is 32.1 Å². The van der Waals surface area contributed by atoms with Crippen LogP contribution in [0, 0.1) is 0 Å². The molecule has 2 rings (SSSR count). The predicted molar refractivity (Wildman–Crippen MR) is 154 cm³/mol. The van der Waals surface area contributed by atoms with Crippen molar-refractivity contribution in [3.8, 4) is 0 Å². The maximum Gasteiger partial charge on any atom is 0.417 e. The molecule has 2 amide bonds. The van der Waals surface area contributed by atoms with Gasteiger partial charge in [0.15, 0.2) is 6.20 Å². The molecule has 7 nitrogen and oxygen atoms in total. The number of rotatable bonds is 22. The summed E-state index contributed by atoms with van der Waals surface area (Å²) in [4.78, 5) is 25.7. The highest BCUT2D eigenvalue weighted by Gasteiger charge is 2.32. The number of unbranched alkanes of at least 4 members (excludes halogenated alkanes) is 13. The van der Waals surface area contributed by atoms with Gasteiger partial charge in [0.25, 0.3) is 0 Å². The lowest BCUT2D eigenvalue weighted by atomic mass is 10.0. The van der Waals surface area contributed by atoms with E-state index in [2.05, 4.69) is 6.92 Å². The van der Waals surface area contributed by atoms with Gasteiger partial charge in [-0.25, -0.2) is 14.3 Å². The van der Waals surface area contributed by atoms with Crippen molar-refractivity contribution >= 4 is 12.0 Å². The van der Waals surface area contributed by atoms with Crippen LogP contribution in [0.3, 0.4) is 0 Å². The number of carbonyl (C=O) groups is 2. The summed E-state index contributed by atoms with van der Waals surface area (Å²) in [6.45, 7) is 8.15. The summed E-state index contributed by atoms with van der Waals surface area (Å²) >= 11 is 0. The van der Waals surface area contributed by atoms with Gasteiger partial charge in [-0.2, -0.15) is 0 Å². The molecule has 39 heavy (non-hydrogen) atoms. The van der Waals surface area contributed by atoms with Gasteiger partial charge >= 0.3 is 6.09 Å². The zero-order valence-corrected chi connectivity index (χ0v) is 25.0. The number of nitrogens with zero attached hydrogens (tertiary/aromatic N) is 2. The molecule has 1 saturated heterocycles. The third-order valence-corrected chi connectivity index (χ3v) is 7.55. The number of carbonyl (C=O) groups excluding carboxylic acids is 2. The van der Waals surface area contributed by atoms with Gasteiger partial charge in [0.2, 0.25) is 11.6 Å². The Morgan fingerprint density at radius 2 is 1.44 bits per heavy atom. The van der Waals surface area contributed by atoms with Crippen LogP contribution in [0.25, 0.3) is 0 Å². The van der Waals surface area contributed by atoms with E-state index in [4.69, 9.17) is 14.2 Å². The summed E-state index contributed by atoms with van der Waals surface area (Å²) in [6, 6.07) is 5.73. The van der Waals surface area contributed by atoms with Crippen LogP contribution >= 0.6 is 0 Å². The SMILES string of the molecule is CCCCCCCCCCCCCCCCOC[C@H]1C[C@H](COC(=O)N(Cc2cccc[n+]2CC)C(C)=O)O1. The predicted octanol–water partition coefficient (Wildman–Crippen LogP) is 7.13. The minimum Gasteiger partial charge on any atom is -0.446 e. The van der Waals surface area contributed by atoms with Crippen LogP contribution in [-0.4, -0.2) is 48.9 Å². The van der Waals surface area contributed by atoms with Crippen LogP contribution < -0.4 is 4.57 Å². The molecule has 1 aromatic rings. The molecule has 2 heterocycles. The fraction of sp³-hybridized carbons (Fsp3) is 0.781. The molecule has 222 valence electrons. The zero-order chi connectivity index (χ0) is 28.1. The van der Waals surface area contributed by atoms with Gasteiger partial charge in [0.1, 0.15) is 19.7 Å². The van der Waals surface area contributed by atoms with Gasteiger partial charge < -0.3 is 14.2 Å². The lowest BCUT2D eigenvalue weighted by molar-refractivity contribution is -0.701. The highest BCUT2D eigenvalue weighted by Crippen LogP contribution is 2.22. The first-order chi connectivity index (χ1) is 19.0. The number of aryl methyl sites for hydroxylation is 1. The Morgan fingerprint density at radius 1 is 0.872 bits per heavy atom. The third-order valence-electron chi connectivity index (χ3n) is 7.55. The van der Waals surface area contributed by atoms with Crippen molar-refractivity contribution in [2.24, 2.45) is 0 Å². The largest absolute Gasteiger partial charge is 0.446 e. The van der Waals surface area contributed by atoms with Gasteiger partial charge in [-0.3, -0.25) is 4.79 Å². The third kappa shape index (κ3) is 14.3.